The standard InChI is InChI=1S/C17H31N3.C5H10N2/c1-3-20(4-2)17-12-10-16(11-13-17)19-14-18-15-8-6-5-7-9-15;1-2-3-4-7-5-6/h15-17H,3-13H2,1-2H3;6H,2-4H2,1H3. The minimum Gasteiger partial charge on any atom is -0.301 e. The van der Waals surface area contributed by atoms with Crippen molar-refractivity contribution in [2.75, 3.05) is 19.6 Å². The van der Waals surface area contributed by atoms with Gasteiger partial charge in [-0.25, -0.2) is 20.4 Å². The summed E-state index contributed by atoms with van der Waals surface area (Å²) in [6.45, 7) is 9.76. The highest BCUT2D eigenvalue weighted by Crippen LogP contribution is 2.25. The van der Waals surface area contributed by atoms with E-state index >= 15 is 0 Å². The molecule has 0 aromatic rings. The number of unbranched alkanes of at least 4 members (excludes halogenated alkanes) is 1. The minimum absolute atomic E-state index is 0.481. The smallest absolute Gasteiger partial charge is 0.0898 e. The highest BCUT2D eigenvalue weighted by molar-refractivity contribution is 5.42. The highest BCUT2D eigenvalue weighted by Gasteiger charge is 2.23. The van der Waals surface area contributed by atoms with Crippen LogP contribution >= 0.6 is 0 Å². The molecule has 1 N–H and O–H groups in total. The third-order valence-electron chi connectivity index (χ3n) is 5.75. The first-order valence-electron chi connectivity index (χ1n) is 11.2. The number of aliphatic imine (C=N–C) groups is 3. The van der Waals surface area contributed by atoms with Crippen LogP contribution in [0, 0.1) is 5.41 Å². The third kappa shape index (κ3) is 10.6. The fourth-order valence-electron chi connectivity index (χ4n) is 3.99. The molecule has 27 heavy (non-hydrogen) atoms. The predicted molar refractivity (Wildman–Crippen MR) is 116 cm³/mol. The summed E-state index contributed by atoms with van der Waals surface area (Å²) in [7, 11) is 0. The van der Waals surface area contributed by atoms with E-state index in [0.717, 1.165) is 25.4 Å². The average molecular weight is 376 g/mol. The van der Waals surface area contributed by atoms with Crippen LogP contribution in [0.15, 0.2) is 15.0 Å². The van der Waals surface area contributed by atoms with E-state index in [2.05, 4.69) is 46.7 Å². The Balaban J connectivity index is 0.000000445. The van der Waals surface area contributed by atoms with Gasteiger partial charge in [-0.2, -0.15) is 0 Å². The lowest BCUT2D eigenvalue weighted by Gasteiger charge is -2.34. The van der Waals surface area contributed by atoms with Crippen molar-refractivity contribution in [3.63, 3.8) is 0 Å². The number of hydrogen-bond donors (Lipinski definition) is 1. The fraction of sp³-hybridized carbons (Fsp3) is 0.909. The summed E-state index contributed by atoms with van der Waals surface area (Å²) in [6, 6.07) is 6.79. The van der Waals surface area contributed by atoms with Gasteiger partial charge in [0.1, 0.15) is 0 Å². The van der Waals surface area contributed by atoms with Gasteiger partial charge in [-0.1, -0.05) is 46.5 Å². The van der Waals surface area contributed by atoms with E-state index in [1.165, 1.54) is 70.9 Å². The fourth-order valence-corrected chi connectivity index (χ4v) is 3.99. The number of nitrogens with one attached hydrogen (secondary N) is 1. The van der Waals surface area contributed by atoms with Crippen LogP contribution in [0.3, 0.4) is 0 Å². The Bertz CT molecular complexity index is 459. The van der Waals surface area contributed by atoms with Gasteiger partial charge in [-0.15, -0.1) is 0 Å². The van der Waals surface area contributed by atoms with E-state index in [0.29, 0.717) is 12.1 Å². The van der Waals surface area contributed by atoms with Crippen LogP contribution in [-0.4, -0.2) is 54.7 Å². The summed E-state index contributed by atoms with van der Waals surface area (Å²) in [5, 5.41) is 6.36. The van der Waals surface area contributed by atoms with Gasteiger partial charge in [-0.3, -0.25) is 0 Å². The molecular weight excluding hydrogens is 334 g/mol. The first-order valence-corrected chi connectivity index (χ1v) is 11.2. The van der Waals surface area contributed by atoms with Gasteiger partial charge in [0, 0.05) is 12.6 Å². The monoisotopic (exact) mass is 375 g/mol. The van der Waals surface area contributed by atoms with E-state index in [9.17, 15) is 0 Å². The Hall–Kier alpha value is -1.28. The Labute approximate surface area is 167 Å². The van der Waals surface area contributed by atoms with Crippen LogP contribution < -0.4 is 0 Å². The summed E-state index contributed by atoms with van der Waals surface area (Å²) in [4.78, 5) is 15.3. The highest BCUT2D eigenvalue weighted by atomic mass is 15.1. The quantitative estimate of drug-likeness (QED) is 0.430. The summed E-state index contributed by atoms with van der Waals surface area (Å²) in [6.07, 6.45) is 13.8. The summed E-state index contributed by atoms with van der Waals surface area (Å²) >= 11 is 0. The molecule has 0 aromatic heterocycles. The van der Waals surface area contributed by atoms with Crippen molar-refractivity contribution in [3.8, 4) is 0 Å². The van der Waals surface area contributed by atoms with Gasteiger partial charge in [0.15, 0.2) is 0 Å². The molecule has 0 radical (unpaired) electrons. The molecule has 2 saturated carbocycles. The van der Waals surface area contributed by atoms with Crippen LogP contribution in [-0.2, 0) is 0 Å². The first-order chi connectivity index (χ1) is 13.2. The molecule has 5 nitrogen and oxygen atoms in total. The van der Waals surface area contributed by atoms with Crippen LogP contribution in [0.1, 0.15) is 91.4 Å². The largest absolute Gasteiger partial charge is 0.301 e. The molecule has 0 amide bonds. The van der Waals surface area contributed by atoms with Gasteiger partial charge in [0.2, 0.25) is 0 Å². The Morgan fingerprint density at radius 1 is 0.852 bits per heavy atom. The van der Waals surface area contributed by atoms with E-state index in [4.69, 9.17) is 5.41 Å². The molecular formula is C22H41N5. The molecule has 2 rings (SSSR count). The summed E-state index contributed by atoms with van der Waals surface area (Å²) in [5.41, 5.74) is 0. The van der Waals surface area contributed by atoms with E-state index in [-0.39, 0.29) is 0 Å². The average Bonchev–Trinajstić information content (AvgIpc) is 2.72. The van der Waals surface area contributed by atoms with Gasteiger partial charge in [-0.05, 0) is 58.0 Å². The van der Waals surface area contributed by atoms with Crippen molar-refractivity contribution in [2.24, 2.45) is 15.0 Å². The van der Waals surface area contributed by atoms with E-state index in [1.54, 1.807) is 0 Å². The van der Waals surface area contributed by atoms with Gasteiger partial charge in [0.25, 0.3) is 0 Å². The zero-order chi connectivity index (χ0) is 19.7. The Kier molecular flexibility index (Phi) is 13.9. The molecule has 0 saturated heterocycles. The van der Waals surface area contributed by atoms with Crippen LogP contribution in [0.25, 0.3) is 0 Å². The van der Waals surface area contributed by atoms with Crippen molar-refractivity contribution >= 4 is 12.0 Å². The SMILES string of the molecule is CCCCN=C=N.CCN(CC)C1CCC(N=C=NC2CCCCC2)CC1. The molecule has 2 aliphatic carbocycles. The summed E-state index contributed by atoms with van der Waals surface area (Å²) in [5.74, 6) is 0. The Morgan fingerprint density at radius 3 is 1.96 bits per heavy atom. The van der Waals surface area contributed by atoms with Crippen molar-refractivity contribution in [1.82, 2.24) is 4.90 Å². The predicted octanol–water partition coefficient (Wildman–Crippen LogP) is 5.69. The van der Waals surface area contributed by atoms with Gasteiger partial charge >= 0.3 is 0 Å². The van der Waals surface area contributed by atoms with Gasteiger partial charge < -0.3 is 4.90 Å². The Morgan fingerprint density at radius 2 is 1.44 bits per heavy atom. The van der Waals surface area contributed by atoms with E-state index in [1.807, 2.05) is 6.01 Å². The molecule has 0 unspecified atom stereocenters. The van der Waals surface area contributed by atoms with Crippen molar-refractivity contribution in [2.45, 2.75) is 110 Å². The molecule has 0 heterocycles. The van der Waals surface area contributed by atoms with Crippen LogP contribution in [0.2, 0.25) is 0 Å². The molecule has 0 spiro atoms. The molecule has 154 valence electrons. The zero-order valence-electron chi connectivity index (χ0n) is 17.9. The molecule has 2 fully saturated rings. The van der Waals surface area contributed by atoms with Crippen molar-refractivity contribution < 1.29 is 0 Å². The van der Waals surface area contributed by atoms with Crippen molar-refractivity contribution in [1.29, 1.82) is 5.41 Å². The number of rotatable bonds is 8. The van der Waals surface area contributed by atoms with Crippen LogP contribution in [0.4, 0.5) is 0 Å². The number of hydrogen-bond acceptors (Lipinski definition) is 5. The van der Waals surface area contributed by atoms with Gasteiger partial charge in [0.05, 0.1) is 24.1 Å². The molecule has 5 heteroatoms. The lowest BCUT2D eigenvalue weighted by atomic mass is 9.90. The second-order valence-corrected chi connectivity index (χ2v) is 7.68. The maximum absolute atomic E-state index is 6.36. The van der Waals surface area contributed by atoms with E-state index < -0.39 is 0 Å². The third-order valence-corrected chi connectivity index (χ3v) is 5.75. The maximum Gasteiger partial charge on any atom is 0.0898 e. The molecule has 0 atom stereocenters. The second kappa shape index (κ2) is 15.7. The first kappa shape index (κ1) is 23.8. The maximum atomic E-state index is 6.36. The zero-order valence-corrected chi connectivity index (χ0v) is 17.9. The lowest BCUT2D eigenvalue weighted by molar-refractivity contribution is 0.165. The van der Waals surface area contributed by atoms with Crippen LogP contribution in [0.5, 0.6) is 0 Å². The molecule has 2 aliphatic rings. The molecule has 0 aromatic carbocycles. The van der Waals surface area contributed by atoms with Crippen molar-refractivity contribution in [3.05, 3.63) is 0 Å². The minimum atomic E-state index is 0.481. The molecule has 0 bridgehead atoms. The normalized spacial score (nSPS) is 22.8. The molecule has 0 aliphatic heterocycles. The second-order valence-electron chi connectivity index (χ2n) is 7.68. The topological polar surface area (TPSA) is 64.2 Å². The number of nitrogens with zero attached hydrogens (tertiary/aromatic N) is 4. The summed E-state index contributed by atoms with van der Waals surface area (Å²) < 4.78 is 0. The lowest BCUT2D eigenvalue weighted by Crippen LogP contribution is -2.38.